The standard InChI is InChI=1S/C16H21NO6/c1-16(2,3)23-15(21)17-12(14(20)22-4)9-10-5-7-11(8-6-10)13(18)19/h5-8,12H,9H2,1-4H3,(H,17,21)(H,18,19). The molecule has 1 aromatic rings. The minimum atomic E-state index is -1.03. The molecule has 0 spiro atoms. The molecule has 0 saturated heterocycles. The van der Waals surface area contributed by atoms with E-state index < -0.39 is 29.7 Å². The van der Waals surface area contributed by atoms with Crippen LogP contribution in [0.1, 0.15) is 36.7 Å². The Morgan fingerprint density at radius 2 is 1.74 bits per heavy atom. The SMILES string of the molecule is COC(=O)C(Cc1ccc(C(=O)O)cc1)NC(=O)OC(C)(C)C. The van der Waals surface area contributed by atoms with E-state index in [2.05, 4.69) is 10.1 Å². The summed E-state index contributed by atoms with van der Waals surface area (Å²) < 4.78 is 9.79. The molecule has 7 heteroatoms. The molecule has 1 atom stereocenters. The Balaban J connectivity index is 2.80. The van der Waals surface area contributed by atoms with Gasteiger partial charge in [0.2, 0.25) is 0 Å². The molecule has 1 unspecified atom stereocenters. The summed E-state index contributed by atoms with van der Waals surface area (Å²) in [5.41, 5.74) is 0.137. The van der Waals surface area contributed by atoms with Crippen molar-refractivity contribution in [2.45, 2.75) is 38.8 Å². The molecule has 0 fully saturated rings. The molecule has 0 aromatic heterocycles. The molecular formula is C16H21NO6. The Bertz CT molecular complexity index is 573. The quantitative estimate of drug-likeness (QED) is 0.804. The fourth-order valence-electron chi connectivity index (χ4n) is 1.80. The van der Waals surface area contributed by atoms with E-state index >= 15 is 0 Å². The predicted molar refractivity (Wildman–Crippen MR) is 82.3 cm³/mol. The lowest BCUT2D eigenvalue weighted by Gasteiger charge is -2.22. The number of carbonyl (C=O) groups excluding carboxylic acids is 2. The molecule has 0 radical (unpaired) electrons. The molecule has 7 nitrogen and oxygen atoms in total. The van der Waals surface area contributed by atoms with Crippen LogP contribution in [0.25, 0.3) is 0 Å². The third-order valence-corrected chi connectivity index (χ3v) is 2.82. The zero-order valence-corrected chi connectivity index (χ0v) is 13.6. The van der Waals surface area contributed by atoms with E-state index in [4.69, 9.17) is 9.84 Å². The average molecular weight is 323 g/mol. The van der Waals surface area contributed by atoms with Gasteiger partial charge in [0, 0.05) is 6.42 Å². The highest BCUT2D eigenvalue weighted by molar-refractivity contribution is 5.87. The summed E-state index contributed by atoms with van der Waals surface area (Å²) in [6.07, 6.45) is -0.568. The molecule has 0 aliphatic rings. The number of amides is 1. The van der Waals surface area contributed by atoms with Crippen molar-refractivity contribution in [1.82, 2.24) is 5.32 Å². The molecule has 1 rings (SSSR count). The van der Waals surface area contributed by atoms with Crippen LogP contribution in [0.15, 0.2) is 24.3 Å². The third kappa shape index (κ3) is 6.37. The van der Waals surface area contributed by atoms with Crippen molar-refractivity contribution in [3.8, 4) is 0 Å². The van der Waals surface area contributed by atoms with E-state index in [1.165, 1.54) is 19.2 Å². The van der Waals surface area contributed by atoms with Crippen LogP contribution in [0, 0.1) is 0 Å². The molecule has 23 heavy (non-hydrogen) atoms. The first kappa shape index (κ1) is 18.5. The molecule has 2 N–H and O–H groups in total. The van der Waals surface area contributed by atoms with Crippen LogP contribution >= 0.6 is 0 Å². The van der Waals surface area contributed by atoms with Gasteiger partial charge in [-0.25, -0.2) is 14.4 Å². The third-order valence-electron chi connectivity index (χ3n) is 2.82. The number of hydrogen-bond acceptors (Lipinski definition) is 5. The van der Waals surface area contributed by atoms with Crippen molar-refractivity contribution in [2.24, 2.45) is 0 Å². The van der Waals surface area contributed by atoms with E-state index in [1.54, 1.807) is 32.9 Å². The van der Waals surface area contributed by atoms with Crippen LogP contribution < -0.4 is 5.32 Å². The maximum Gasteiger partial charge on any atom is 0.408 e. The average Bonchev–Trinajstić information content (AvgIpc) is 2.44. The number of benzene rings is 1. The first-order valence-corrected chi connectivity index (χ1v) is 7.02. The number of alkyl carbamates (subject to hydrolysis) is 1. The van der Waals surface area contributed by atoms with Gasteiger partial charge in [-0.15, -0.1) is 0 Å². The first-order chi connectivity index (χ1) is 10.6. The molecular weight excluding hydrogens is 302 g/mol. The van der Waals surface area contributed by atoms with Gasteiger partial charge in [-0.3, -0.25) is 0 Å². The summed E-state index contributed by atoms with van der Waals surface area (Å²) in [6.45, 7) is 5.14. The number of ether oxygens (including phenoxy) is 2. The van der Waals surface area contributed by atoms with E-state index in [9.17, 15) is 14.4 Å². The first-order valence-electron chi connectivity index (χ1n) is 7.02. The lowest BCUT2D eigenvalue weighted by atomic mass is 10.0. The minimum Gasteiger partial charge on any atom is -0.478 e. The van der Waals surface area contributed by atoms with Gasteiger partial charge in [-0.05, 0) is 38.5 Å². The minimum absolute atomic E-state index is 0.142. The molecule has 0 aliphatic heterocycles. The van der Waals surface area contributed by atoms with Gasteiger partial charge in [0.05, 0.1) is 12.7 Å². The van der Waals surface area contributed by atoms with Crippen molar-refractivity contribution in [2.75, 3.05) is 7.11 Å². The van der Waals surface area contributed by atoms with Gasteiger partial charge in [0.1, 0.15) is 11.6 Å². The largest absolute Gasteiger partial charge is 0.478 e. The second-order valence-electron chi connectivity index (χ2n) is 5.93. The topological polar surface area (TPSA) is 102 Å². The second-order valence-corrected chi connectivity index (χ2v) is 5.93. The number of rotatable bonds is 5. The smallest absolute Gasteiger partial charge is 0.408 e. The monoisotopic (exact) mass is 323 g/mol. The Kier molecular flexibility index (Phi) is 6.12. The Morgan fingerprint density at radius 3 is 2.17 bits per heavy atom. The van der Waals surface area contributed by atoms with Gasteiger partial charge in [-0.2, -0.15) is 0 Å². The van der Waals surface area contributed by atoms with E-state index in [1.807, 2.05) is 0 Å². The zero-order valence-electron chi connectivity index (χ0n) is 13.6. The van der Waals surface area contributed by atoms with Crippen LogP contribution in [0.3, 0.4) is 0 Å². The molecule has 126 valence electrons. The molecule has 0 aliphatic carbocycles. The Labute approximate surface area is 134 Å². The summed E-state index contributed by atoms with van der Waals surface area (Å²) in [6, 6.07) is 5.09. The van der Waals surface area contributed by atoms with Gasteiger partial charge < -0.3 is 19.9 Å². The number of carbonyl (C=O) groups is 3. The molecule has 1 aromatic carbocycles. The maximum atomic E-state index is 11.8. The van der Waals surface area contributed by atoms with Crippen molar-refractivity contribution in [3.05, 3.63) is 35.4 Å². The predicted octanol–water partition coefficient (Wildman–Crippen LogP) is 1.99. The van der Waals surface area contributed by atoms with E-state index in [0.717, 1.165) is 0 Å². The Hall–Kier alpha value is -2.57. The van der Waals surface area contributed by atoms with Gasteiger partial charge >= 0.3 is 18.0 Å². The van der Waals surface area contributed by atoms with Crippen LogP contribution in [-0.2, 0) is 20.7 Å². The fraction of sp³-hybridized carbons (Fsp3) is 0.438. The van der Waals surface area contributed by atoms with Crippen molar-refractivity contribution >= 4 is 18.0 Å². The highest BCUT2D eigenvalue weighted by Crippen LogP contribution is 2.10. The fourth-order valence-corrected chi connectivity index (χ4v) is 1.80. The van der Waals surface area contributed by atoms with Crippen molar-refractivity contribution in [3.63, 3.8) is 0 Å². The number of esters is 1. The van der Waals surface area contributed by atoms with Crippen molar-refractivity contribution in [1.29, 1.82) is 0 Å². The number of hydrogen-bond donors (Lipinski definition) is 2. The summed E-state index contributed by atoms with van der Waals surface area (Å²) in [5.74, 6) is -1.65. The van der Waals surface area contributed by atoms with E-state index in [-0.39, 0.29) is 12.0 Å². The van der Waals surface area contributed by atoms with Crippen LogP contribution in [0.4, 0.5) is 4.79 Å². The molecule has 1 amide bonds. The van der Waals surface area contributed by atoms with Crippen molar-refractivity contribution < 1.29 is 29.0 Å². The highest BCUT2D eigenvalue weighted by atomic mass is 16.6. The lowest BCUT2D eigenvalue weighted by Crippen LogP contribution is -2.45. The Morgan fingerprint density at radius 1 is 1.17 bits per heavy atom. The summed E-state index contributed by atoms with van der Waals surface area (Å²) in [4.78, 5) is 34.4. The number of aromatic carboxylic acids is 1. The van der Waals surface area contributed by atoms with Gasteiger partial charge in [0.25, 0.3) is 0 Å². The lowest BCUT2D eigenvalue weighted by molar-refractivity contribution is -0.143. The van der Waals surface area contributed by atoms with Gasteiger partial charge in [-0.1, -0.05) is 12.1 Å². The maximum absolute atomic E-state index is 11.8. The highest BCUT2D eigenvalue weighted by Gasteiger charge is 2.25. The zero-order chi connectivity index (χ0) is 17.6. The van der Waals surface area contributed by atoms with Crippen LogP contribution in [0.5, 0.6) is 0 Å². The number of methoxy groups -OCH3 is 1. The molecule has 0 saturated carbocycles. The second kappa shape index (κ2) is 7.62. The number of carboxylic acids is 1. The van der Waals surface area contributed by atoms with Crippen LogP contribution in [-0.4, -0.2) is 41.9 Å². The summed E-state index contributed by atoms with van der Waals surface area (Å²) in [5, 5.41) is 11.3. The molecule has 0 bridgehead atoms. The normalized spacial score (nSPS) is 12.2. The van der Waals surface area contributed by atoms with Gasteiger partial charge in [0.15, 0.2) is 0 Å². The number of carboxylic acid groups (broad SMARTS) is 1. The van der Waals surface area contributed by atoms with E-state index in [0.29, 0.717) is 5.56 Å². The number of nitrogens with one attached hydrogen (secondary N) is 1. The molecule has 0 heterocycles. The van der Waals surface area contributed by atoms with Crippen LogP contribution in [0.2, 0.25) is 0 Å². The summed E-state index contributed by atoms with van der Waals surface area (Å²) >= 11 is 0. The summed E-state index contributed by atoms with van der Waals surface area (Å²) in [7, 11) is 1.22.